The third-order valence-electron chi connectivity index (χ3n) is 3.95. The third kappa shape index (κ3) is 4.24. The smallest absolute Gasteiger partial charge is 0.210 e. The molecule has 2 unspecified atom stereocenters. The molecule has 1 saturated carbocycles. The standard InChI is InChI=1S/C15H24N4/c1-12-7-5-6-8-13(12)11-17-15(19-16)18-14-9-3-2-4-10-14/h2-4,9-10,12-13H,5-8,11,16H2,1H3,(H2,17,18,19). The lowest BCUT2D eigenvalue weighted by atomic mass is 9.80. The van der Waals surface area contributed by atoms with Crippen molar-refractivity contribution in [2.45, 2.75) is 32.6 Å². The van der Waals surface area contributed by atoms with Crippen molar-refractivity contribution in [3.05, 3.63) is 30.3 Å². The van der Waals surface area contributed by atoms with Crippen molar-refractivity contribution in [2.75, 3.05) is 11.9 Å². The Morgan fingerprint density at radius 2 is 2.00 bits per heavy atom. The van der Waals surface area contributed by atoms with Gasteiger partial charge in [0.1, 0.15) is 0 Å². The molecule has 0 heterocycles. The molecule has 104 valence electrons. The number of anilines is 1. The molecule has 2 atom stereocenters. The lowest BCUT2D eigenvalue weighted by Gasteiger charge is -2.27. The van der Waals surface area contributed by atoms with Crippen LogP contribution in [0, 0.1) is 11.8 Å². The molecule has 1 aliphatic rings. The van der Waals surface area contributed by atoms with E-state index in [-0.39, 0.29) is 0 Å². The minimum atomic E-state index is 0.643. The highest BCUT2D eigenvalue weighted by Gasteiger charge is 2.20. The number of nitrogens with zero attached hydrogens (tertiary/aromatic N) is 1. The van der Waals surface area contributed by atoms with Crippen molar-refractivity contribution < 1.29 is 0 Å². The molecule has 1 fully saturated rings. The van der Waals surface area contributed by atoms with Gasteiger partial charge in [-0.3, -0.25) is 10.4 Å². The summed E-state index contributed by atoms with van der Waals surface area (Å²) in [5, 5.41) is 3.20. The molecule has 2 rings (SSSR count). The van der Waals surface area contributed by atoms with Crippen LogP contribution in [-0.4, -0.2) is 12.5 Å². The Morgan fingerprint density at radius 3 is 2.68 bits per heavy atom. The summed E-state index contributed by atoms with van der Waals surface area (Å²) in [6.45, 7) is 3.18. The number of hydrazine groups is 1. The van der Waals surface area contributed by atoms with E-state index in [4.69, 9.17) is 5.84 Å². The van der Waals surface area contributed by atoms with Crippen molar-refractivity contribution >= 4 is 11.6 Å². The van der Waals surface area contributed by atoms with E-state index in [1.165, 1.54) is 25.7 Å². The van der Waals surface area contributed by atoms with Gasteiger partial charge in [0.25, 0.3) is 0 Å². The first-order valence-electron chi connectivity index (χ1n) is 7.12. The predicted octanol–water partition coefficient (Wildman–Crippen LogP) is 2.74. The van der Waals surface area contributed by atoms with Gasteiger partial charge in [0.05, 0.1) is 0 Å². The zero-order valence-electron chi connectivity index (χ0n) is 11.6. The zero-order valence-corrected chi connectivity index (χ0v) is 11.6. The second-order valence-electron chi connectivity index (χ2n) is 5.35. The highest BCUT2D eigenvalue weighted by Crippen LogP contribution is 2.29. The summed E-state index contributed by atoms with van der Waals surface area (Å²) in [5.41, 5.74) is 3.64. The van der Waals surface area contributed by atoms with Crippen molar-refractivity contribution in [2.24, 2.45) is 22.7 Å². The minimum absolute atomic E-state index is 0.643. The molecule has 0 saturated heterocycles. The van der Waals surface area contributed by atoms with Crippen LogP contribution >= 0.6 is 0 Å². The normalized spacial score (nSPS) is 24.0. The Balaban J connectivity index is 1.91. The van der Waals surface area contributed by atoms with Gasteiger partial charge >= 0.3 is 0 Å². The fraction of sp³-hybridized carbons (Fsp3) is 0.533. The van der Waals surface area contributed by atoms with Crippen LogP contribution in [0.25, 0.3) is 0 Å². The summed E-state index contributed by atoms with van der Waals surface area (Å²) in [4.78, 5) is 4.58. The molecule has 0 amide bonds. The van der Waals surface area contributed by atoms with Crippen LogP contribution in [0.15, 0.2) is 35.3 Å². The number of para-hydroxylation sites is 1. The van der Waals surface area contributed by atoms with Gasteiger partial charge in [-0.15, -0.1) is 0 Å². The van der Waals surface area contributed by atoms with Gasteiger partial charge in [-0.1, -0.05) is 44.4 Å². The molecule has 0 aromatic heterocycles. The van der Waals surface area contributed by atoms with Crippen molar-refractivity contribution in [3.8, 4) is 0 Å². The van der Waals surface area contributed by atoms with Crippen LogP contribution in [0.3, 0.4) is 0 Å². The largest absolute Gasteiger partial charge is 0.325 e. The summed E-state index contributed by atoms with van der Waals surface area (Å²) in [6, 6.07) is 9.95. The van der Waals surface area contributed by atoms with Gasteiger partial charge in [-0.05, 0) is 30.4 Å². The van der Waals surface area contributed by atoms with E-state index in [0.29, 0.717) is 11.9 Å². The number of rotatable bonds is 3. The molecule has 0 aliphatic heterocycles. The van der Waals surface area contributed by atoms with E-state index >= 15 is 0 Å². The molecule has 1 aliphatic carbocycles. The predicted molar refractivity (Wildman–Crippen MR) is 80.8 cm³/mol. The quantitative estimate of drug-likeness (QED) is 0.339. The number of hydrogen-bond donors (Lipinski definition) is 3. The summed E-state index contributed by atoms with van der Waals surface area (Å²) < 4.78 is 0. The molecule has 4 N–H and O–H groups in total. The third-order valence-corrected chi connectivity index (χ3v) is 3.95. The second-order valence-corrected chi connectivity index (χ2v) is 5.35. The number of hydrogen-bond acceptors (Lipinski definition) is 2. The average molecular weight is 260 g/mol. The van der Waals surface area contributed by atoms with Crippen LogP contribution < -0.4 is 16.6 Å². The SMILES string of the molecule is CC1CCCCC1CN=C(NN)Nc1ccccc1. The Bertz CT molecular complexity index is 402. The summed E-state index contributed by atoms with van der Waals surface area (Å²) in [6.07, 6.45) is 5.32. The fourth-order valence-corrected chi connectivity index (χ4v) is 2.65. The lowest BCUT2D eigenvalue weighted by Crippen LogP contribution is -2.37. The molecule has 4 nitrogen and oxygen atoms in total. The maximum absolute atomic E-state index is 5.53. The molecule has 1 aromatic carbocycles. The lowest BCUT2D eigenvalue weighted by molar-refractivity contribution is 0.263. The van der Waals surface area contributed by atoms with E-state index in [1.54, 1.807) is 0 Å². The van der Waals surface area contributed by atoms with Crippen LogP contribution in [0.4, 0.5) is 5.69 Å². The first-order chi connectivity index (χ1) is 9.29. The first-order valence-corrected chi connectivity index (χ1v) is 7.12. The van der Waals surface area contributed by atoms with E-state index < -0.39 is 0 Å². The van der Waals surface area contributed by atoms with Gasteiger partial charge in [-0.25, -0.2) is 5.84 Å². The molecule has 0 bridgehead atoms. The number of nitrogens with two attached hydrogens (primary N) is 1. The Labute approximate surface area is 115 Å². The Hall–Kier alpha value is -1.55. The molecule has 4 heteroatoms. The van der Waals surface area contributed by atoms with Crippen LogP contribution in [0.1, 0.15) is 32.6 Å². The fourth-order valence-electron chi connectivity index (χ4n) is 2.65. The maximum atomic E-state index is 5.53. The zero-order chi connectivity index (χ0) is 13.5. The highest BCUT2D eigenvalue weighted by atomic mass is 15.3. The monoisotopic (exact) mass is 260 g/mol. The summed E-state index contributed by atoms with van der Waals surface area (Å²) >= 11 is 0. The number of nitrogens with one attached hydrogen (secondary N) is 2. The van der Waals surface area contributed by atoms with Gasteiger partial charge in [0.15, 0.2) is 0 Å². The van der Waals surface area contributed by atoms with E-state index in [2.05, 4.69) is 22.7 Å². The molecular formula is C15H24N4. The van der Waals surface area contributed by atoms with Crippen LogP contribution in [0.5, 0.6) is 0 Å². The molecule has 0 spiro atoms. The molecule has 1 aromatic rings. The van der Waals surface area contributed by atoms with Crippen LogP contribution in [0.2, 0.25) is 0 Å². The van der Waals surface area contributed by atoms with Gasteiger partial charge in [0.2, 0.25) is 5.96 Å². The van der Waals surface area contributed by atoms with Crippen molar-refractivity contribution in [3.63, 3.8) is 0 Å². The van der Waals surface area contributed by atoms with E-state index in [0.717, 1.165) is 18.2 Å². The minimum Gasteiger partial charge on any atom is -0.325 e. The van der Waals surface area contributed by atoms with Crippen LogP contribution in [-0.2, 0) is 0 Å². The Kier molecular flexibility index (Phi) is 5.21. The first kappa shape index (κ1) is 13.9. The highest BCUT2D eigenvalue weighted by molar-refractivity contribution is 5.93. The van der Waals surface area contributed by atoms with Crippen molar-refractivity contribution in [1.82, 2.24) is 5.43 Å². The van der Waals surface area contributed by atoms with Crippen molar-refractivity contribution in [1.29, 1.82) is 0 Å². The number of benzene rings is 1. The number of guanidine groups is 1. The average Bonchev–Trinajstić information content (AvgIpc) is 2.46. The summed E-state index contributed by atoms with van der Waals surface area (Å²) in [7, 11) is 0. The van der Waals surface area contributed by atoms with E-state index in [1.807, 2.05) is 30.3 Å². The van der Waals surface area contributed by atoms with E-state index in [9.17, 15) is 0 Å². The molecular weight excluding hydrogens is 236 g/mol. The maximum Gasteiger partial charge on any atom is 0.210 e. The van der Waals surface area contributed by atoms with Gasteiger partial charge in [0, 0.05) is 12.2 Å². The molecule has 0 radical (unpaired) electrons. The van der Waals surface area contributed by atoms with Gasteiger partial charge < -0.3 is 5.32 Å². The molecule has 19 heavy (non-hydrogen) atoms. The number of aliphatic imine (C=N–C) groups is 1. The topological polar surface area (TPSA) is 62.4 Å². The summed E-state index contributed by atoms with van der Waals surface area (Å²) in [5.74, 6) is 7.63. The second kappa shape index (κ2) is 7.14. The van der Waals surface area contributed by atoms with Gasteiger partial charge in [-0.2, -0.15) is 0 Å². The Morgan fingerprint density at radius 1 is 1.26 bits per heavy atom.